The predicted octanol–water partition coefficient (Wildman–Crippen LogP) is 3.94. The molecule has 0 radical (unpaired) electrons. The highest BCUT2D eigenvalue weighted by Crippen LogP contribution is 2.48. The van der Waals surface area contributed by atoms with Crippen molar-refractivity contribution in [2.75, 3.05) is 31.1 Å². The van der Waals surface area contributed by atoms with E-state index in [9.17, 15) is 4.79 Å². The van der Waals surface area contributed by atoms with Gasteiger partial charge in [0.1, 0.15) is 5.82 Å². The van der Waals surface area contributed by atoms with E-state index in [0.717, 1.165) is 40.4 Å². The minimum absolute atomic E-state index is 0.00283. The number of fused-ring (bicyclic) bond motifs is 2. The number of likely N-dealkylation sites (tertiary alicyclic amines) is 1. The first-order valence-corrected chi connectivity index (χ1v) is 11.4. The first-order chi connectivity index (χ1) is 14.0. The summed E-state index contributed by atoms with van der Waals surface area (Å²) in [6.07, 6.45) is 4.79. The molecule has 2 unspecified atom stereocenters. The highest BCUT2D eigenvalue weighted by Gasteiger charge is 2.49. The van der Waals surface area contributed by atoms with E-state index in [0.29, 0.717) is 13.1 Å². The third-order valence-corrected chi connectivity index (χ3v) is 7.12. The standard InChI is InChI=1S/C20H25Cl2N5OS/c1-3-17(25-18-24-10-16(22)29-18)27-12-20(14-9-13(21)5-6-15(14)27)7-8-26(11-20)19(28)23-4-2/h3,5-6,9-10,18,24-25H,4,7-8,11-12H2,1-2H3,(H,23,28). The van der Waals surface area contributed by atoms with Crippen LogP contribution in [0.2, 0.25) is 5.02 Å². The average molecular weight is 454 g/mol. The van der Waals surface area contributed by atoms with E-state index in [1.54, 1.807) is 6.20 Å². The second kappa shape index (κ2) is 8.20. The number of amides is 2. The molecule has 1 spiro atoms. The summed E-state index contributed by atoms with van der Waals surface area (Å²) in [6.45, 7) is 6.81. The first-order valence-electron chi connectivity index (χ1n) is 9.77. The van der Waals surface area contributed by atoms with Crippen molar-refractivity contribution in [2.24, 2.45) is 0 Å². The number of nitrogens with zero attached hydrogens (tertiary/aromatic N) is 2. The van der Waals surface area contributed by atoms with E-state index in [2.05, 4.69) is 39.1 Å². The zero-order valence-corrected chi connectivity index (χ0v) is 18.8. The molecule has 3 N–H and O–H groups in total. The molecular formula is C20H25Cl2N5OS. The van der Waals surface area contributed by atoms with Crippen LogP contribution in [0.4, 0.5) is 10.5 Å². The van der Waals surface area contributed by atoms with Gasteiger partial charge in [-0.1, -0.05) is 35.0 Å². The molecule has 6 nitrogen and oxygen atoms in total. The van der Waals surface area contributed by atoms with Gasteiger partial charge >= 0.3 is 6.03 Å². The van der Waals surface area contributed by atoms with Gasteiger partial charge < -0.3 is 25.8 Å². The molecule has 29 heavy (non-hydrogen) atoms. The number of halogens is 2. The van der Waals surface area contributed by atoms with E-state index in [1.807, 2.05) is 24.8 Å². The quantitative estimate of drug-likeness (QED) is 0.644. The normalized spacial score (nSPS) is 25.9. The van der Waals surface area contributed by atoms with Crippen LogP contribution in [0.25, 0.3) is 0 Å². The van der Waals surface area contributed by atoms with Crippen LogP contribution in [0.5, 0.6) is 0 Å². The lowest BCUT2D eigenvalue weighted by Gasteiger charge is -2.29. The zero-order chi connectivity index (χ0) is 20.6. The molecule has 156 valence electrons. The van der Waals surface area contributed by atoms with Crippen molar-refractivity contribution in [1.29, 1.82) is 0 Å². The van der Waals surface area contributed by atoms with Crippen molar-refractivity contribution >= 4 is 46.7 Å². The van der Waals surface area contributed by atoms with Crippen molar-refractivity contribution in [2.45, 2.75) is 31.2 Å². The molecule has 1 fully saturated rings. The Hall–Kier alpha value is -1.70. The molecular weight excluding hydrogens is 429 g/mol. The lowest BCUT2D eigenvalue weighted by molar-refractivity contribution is 0.206. The van der Waals surface area contributed by atoms with Crippen LogP contribution in [0.1, 0.15) is 25.8 Å². The highest BCUT2D eigenvalue weighted by molar-refractivity contribution is 8.05. The number of allylic oxidation sites excluding steroid dienone is 1. The van der Waals surface area contributed by atoms with Crippen molar-refractivity contribution in [1.82, 2.24) is 20.9 Å². The number of hydrogen-bond acceptors (Lipinski definition) is 5. The highest BCUT2D eigenvalue weighted by atomic mass is 35.5. The van der Waals surface area contributed by atoms with Gasteiger partial charge in [-0.05, 0) is 50.1 Å². The number of rotatable bonds is 4. The second-order valence-electron chi connectivity index (χ2n) is 7.47. The van der Waals surface area contributed by atoms with Crippen LogP contribution in [-0.4, -0.2) is 42.6 Å². The van der Waals surface area contributed by atoms with Gasteiger partial charge in [0.25, 0.3) is 0 Å². The molecule has 1 aromatic rings. The van der Waals surface area contributed by atoms with Crippen molar-refractivity contribution in [3.8, 4) is 0 Å². The Morgan fingerprint density at radius 3 is 2.93 bits per heavy atom. The summed E-state index contributed by atoms with van der Waals surface area (Å²) in [6, 6.07) is 6.07. The minimum Gasteiger partial charge on any atom is -0.361 e. The summed E-state index contributed by atoms with van der Waals surface area (Å²) in [5.74, 6) is 1.01. The summed E-state index contributed by atoms with van der Waals surface area (Å²) in [7, 11) is 0. The summed E-state index contributed by atoms with van der Waals surface area (Å²) in [4.78, 5) is 16.6. The zero-order valence-electron chi connectivity index (χ0n) is 16.5. The Morgan fingerprint density at radius 2 is 2.24 bits per heavy atom. The fraction of sp³-hybridized carbons (Fsp3) is 0.450. The third-order valence-electron chi connectivity index (χ3n) is 5.67. The van der Waals surface area contributed by atoms with E-state index in [-0.39, 0.29) is 16.9 Å². The van der Waals surface area contributed by atoms with Gasteiger partial charge in [0.2, 0.25) is 0 Å². The number of anilines is 1. The Labute approximate surface area is 185 Å². The SMILES string of the molecule is CC=C(NC1NC=C(Cl)S1)N1CC2(CCN(C(=O)NCC)C2)c2cc(Cl)ccc21. The van der Waals surface area contributed by atoms with E-state index < -0.39 is 0 Å². The van der Waals surface area contributed by atoms with Crippen molar-refractivity contribution < 1.29 is 4.79 Å². The smallest absolute Gasteiger partial charge is 0.317 e. The lowest BCUT2D eigenvalue weighted by atomic mass is 9.81. The van der Waals surface area contributed by atoms with Gasteiger partial charge in [-0.3, -0.25) is 0 Å². The van der Waals surface area contributed by atoms with Crippen LogP contribution in [0, 0.1) is 0 Å². The molecule has 0 aliphatic carbocycles. The average Bonchev–Trinajstić information content (AvgIpc) is 3.39. The maximum absolute atomic E-state index is 12.4. The molecule has 0 bridgehead atoms. The molecule has 2 atom stereocenters. The Kier molecular flexibility index (Phi) is 5.82. The van der Waals surface area contributed by atoms with Gasteiger partial charge in [-0.25, -0.2) is 4.79 Å². The van der Waals surface area contributed by atoms with Crippen LogP contribution in [-0.2, 0) is 5.41 Å². The number of carbonyl (C=O) groups excluding carboxylic acids is 1. The Balaban J connectivity index is 1.61. The molecule has 2 amide bonds. The Morgan fingerprint density at radius 1 is 1.41 bits per heavy atom. The van der Waals surface area contributed by atoms with Gasteiger partial charge in [0.05, 0.1) is 4.36 Å². The second-order valence-corrected chi connectivity index (χ2v) is 9.68. The first kappa shape index (κ1) is 20.6. The molecule has 9 heteroatoms. The van der Waals surface area contributed by atoms with Gasteiger partial charge in [0.15, 0.2) is 5.50 Å². The maximum atomic E-state index is 12.4. The summed E-state index contributed by atoms with van der Waals surface area (Å²) >= 11 is 14.0. The fourth-order valence-corrected chi connectivity index (χ4v) is 5.54. The molecule has 3 aliphatic rings. The Bertz CT molecular complexity index is 876. The van der Waals surface area contributed by atoms with Crippen molar-refractivity contribution in [3.05, 3.63) is 51.2 Å². The van der Waals surface area contributed by atoms with Crippen LogP contribution in [0.3, 0.4) is 0 Å². The molecule has 3 aliphatic heterocycles. The van der Waals surface area contributed by atoms with Gasteiger partial charge in [-0.2, -0.15) is 0 Å². The molecule has 1 saturated heterocycles. The van der Waals surface area contributed by atoms with E-state index in [1.165, 1.54) is 17.3 Å². The number of thioether (sulfide) groups is 1. The molecule has 3 heterocycles. The number of nitrogens with one attached hydrogen (secondary N) is 3. The largest absolute Gasteiger partial charge is 0.361 e. The van der Waals surface area contributed by atoms with Crippen LogP contribution < -0.4 is 20.9 Å². The lowest BCUT2D eigenvalue weighted by Crippen LogP contribution is -2.44. The monoisotopic (exact) mass is 453 g/mol. The minimum atomic E-state index is -0.132. The molecule has 4 rings (SSSR count). The maximum Gasteiger partial charge on any atom is 0.317 e. The predicted molar refractivity (Wildman–Crippen MR) is 121 cm³/mol. The topological polar surface area (TPSA) is 59.6 Å². The van der Waals surface area contributed by atoms with Crippen LogP contribution in [0.15, 0.2) is 40.7 Å². The van der Waals surface area contributed by atoms with Gasteiger partial charge in [0, 0.05) is 48.5 Å². The summed E-state index contributed by atoms with van der Waals surface area (Å²) in [5, 5.41) is 10.4. The third kappa shape index (κ3) is 3.88. The number of urea groups is 1. The molecule has 0 saturated carbocycles. The number of carbonyl (C=O) groups is 1. The fourth-order valence-electron chi connectivity index (χ4n) is 4.36. The summed E-state index contributed by atoms with van der Waals surface area (Å²) < 4.78 is 0.733. The molecule has 1 aromatic carbocycles. The summed E-state index contributed by atoms with van der Waals surface area (Å²) in [5.41, 5.74) is 2.19. The molecule has 0 aromatic heterocycles. The number of benzene rings is 1. The number of hydrogen-bond donors (Lipinski definition) is 3. The van der Waals surface area contributed by atoms with Crippen molar-refractivity contribution in [3.63, 3.8) is 0 Å². The van der Waals surface area contributed by atoms with E-state index >= 15 is 0 Å². The van der Waals surface area contributed by atoms with E-state index in [4.69, 9.17) is 23.2 Å². The van der Waals surface area contributed by atoms with Crippen LogP contribution >= 0.6 is 35.0 Å². The van der Waals surface area contributed by atoms with Gasteiger partial charge in [-0.15, -0.1) is 0 Å².